The van der Waals surface area contributed by atoms with Crippen molar-refractivity contribution in [1.29, 1.82) is 0 Å². The number of H-pyrrole nitrogens is 1. The highest BCUT2D eigenvalue weighted by molar-refractivity contribution is 5.89. The topological polar surface area (TPSA) is 70.2 Å². The number of hydrogen-bond acceptors (Lipinski definition) is 3. The zero-order chi connectivity index (χ0) is 15.0. The van der Waals surface area contributed by atoms with Gasteiger partial charge in [0.05, 0.1) is 5.52 Å². The van der Waals surface area contributed by atoms with Gasteiger partial charge in [0.2, 0.25) is 5.43 Å². The summed E-state index contributed by atoms with van der Waals surface area (Å²) < 4.78 is 0. The van der Waals surface area contributed by atoms with Crippen LogP contribution in [0.15, 0.2) is 27.8 Å². The van der Waals surface area contributed by atoms with Gasteiger partial charge in [-0.05, 0) is 29.0 Å². The van der Waals surface area contributed by atoms with E-state index in [1.807, 2.05) is 19.9 Å². The smallest absolute Gasteiger partial charge is 0.296 e. The van der Waals surface area contributed by atoms with E-state index in [0.717, 1.165) is 17.2 Å². The summed E-state index contributed by atoms with van der Waals surface area (Å²) in [5.74, 6) is 0.317. The second-order valence-corrected chi connectivity index (χ2v) is 5.65. The second-order valence-electron chi connectivity index (χ2n) is 5.65. The maximum absolute atomic E-state index is 11.6. The lowest BCUT2D eigenvalue weighted by Crippen LogP contribution is -2.22. The van der Waals surface area contributed by atoms with Crippen LogP contribution in [-0.2, 0) is 0 Å². The fraction of sp³-hybridized carbons (Fsp3) is 0.375. The Bertz CT molecular complexity index is 773. The molecule has 4 heteroatoms. The first kappa shape index (κ1) is 14.3. The third-order valence-electron chi connectivity index (χ3n) is 3.47. The molecule has 0 spiro atoms. The quantitative estimate of drug-likeness (QED) is 0.827. The summed E-state index contributed by atoms with van der Waals surface area (Å²) in [5.41, 5.74) is 1.12. The van der Waals surface area contributed by atoms with Crippen LogP contribution < -0.4 is 11.0 Å². The Morgan fingerprint density at radius 1 is 1.05 bits per heavy atom. The SMILES string of the molecule is CC(C)c1ccc2[nH]c(=O)c(=O)cc(O)c2c1C(C)C. The van der Waals surface area contributed by atoms with Gasteiger partial charge in [-0.2, -0.15) is 0 Å². The van der Waals surface area contributed by atoms with Gasteiger partial charge in [-0.25, -0.2) is 0 Å². The molecule has 0 amide bonds. The average Bonchev–Trinajstić information content (AvgIpc) is 2.46. The Labute approximate surface area is 117 Å². The molecule has 106 valence electrons. The van der Waals surface area contributed by atoms with Gasteiger partial charge in [0.1, 0.15) is 5.75 Å². The van der Waals surface area contributed by atoms with Crippen molar-refractivity contribution in [3.63, 3.8) is 0 Å². The molecular weight excluding hydrogens is 254 g/mol. The molecule has 2 aromatic rings. The van der Waals surface area contributed by atoms with Crippen LogP contribution in [-0.4, -0.2) is 10.1 Å². The number of hydrogen-bond donors (Lipinski definition) is 2. The Balaban J connectivity index is 3.09. The van der Waals surface area contributed by atoms with Crippen LogP contribution in [0, 0.1) is 0 Å². The molecule has 20 heavy (non-hydrogen) atoms. The first-order valence-corrected chi connectivity index (χ1v) is 6.76. The van der Waals surface area contributed by atoms with Crippen LogP contribution in [0.5, 0.6) is 5.75 Å². The van der Waals surface area contributed by atoms with E-state index in [2.05, 4.69) is 18.8 Å². The van der Waals surface area contributed by atoms with Gasteiger partial charge in [-0.15, -0.1) is 0 Å². The minimum Gasteiger partial charge on any atom is -0.507 e. The summed E-state index contributed by atoms with van der Waals surface area (Å²) >= 11 is 0. The van der Waals surface area contributed by atoms with Crippen molar-refractivity contribution < 1.29 is 5.11 Å². The van der Waals surface area contributed by atoms with E-state index in [4.69, 9.17) is 0 Å². The van der Waals surface area contributed by atoms with Crippen LogP contribution in [0.2, 0.25) is 0 Å². The number of nitrogens with one attached hydrogen (secondary N) is 1. The molecule has 2 N–H and O–H groups in total. The van der Waals surface area contributed by atoms with Gasteiger partial charge in [-0.3, -0.25) is 9.59 Å². The van der Waals surface area contributed by atoms with Crippen LogP contribution in [0.1, 0.15) is 50.7 Å². The van der Waals surface area contributed by atoms with E-state index >= 15 is 0 Å². The average molecular weight is 273 g/mol. The normalized spacial score (nSPS) is 11.5. The highest BCUT2D eigenvalue weighted by Gasteiger charge is 2.16. The fourth-order valence-corrected chi connectivity index (χ4v) is 2.59. The maximum Gasteiger partial charge on any atom is 0.296 e. The van der Waals surface area contributed by atoms with Gasteiger partial charge in [0.25, 0.3) is 5.56 Å². The van der Waals surface area contributed by atoms with Gasteiger partial charge >= 0.3 is 0 Å². The van der Waals surface area contributed by atoms with Crippen LogP contribution in [0.25, 0.3) is 10.9 Å². The van der Waals surface area contributed by atoms with E-state index in [1.54, 1.807) is 6.07 Å². The molecule has 4 nitrogen and oxygen atoms in total. The summed E-state index contributed by atoms with van der Waals surface area (Å²) in [6, 6.07) is 4.69. The monoisotopic (exact) mass is 273 g/mol. The van der Waals surface area contributed by atoms with E-state index in [9.17, 15) is 14.7 Å². The first-order valence-electron chi connectivity index (χ1n) is 6.76. The minimum absolute atomic E-state index is 0.144. The molecule has 0 fully saturated rings. The van der Waals surface area contributed by atoms with Gasteiger partial charge in [0, 0.05) is 11.5 Å². The molecule has 0 radical (unpaired) electrons. The zero-order valence-electron chi connectivity index (χ0n) is 12.2. The Morgan fingerprint density at radius 2 is 1.70 bits per heavy atom. The molecule has 0 atom stereocenters. The van der Waals surface area contributed by atoms with Crippen LogP contribution in [0.4, 0.5) is 0 Å². The highest BCUT2D eigenvalue weighted by Crippen LogP contribution is 2.35. The van der Waals surface area contributed by atoms with E-state index in [-0.39, 0.29) is 11.7 Å². The Hall–Kier alpha value is -2.10. The van der Waals surface area contributed by atoms with E-state index < -0.39 is 11.0 Å². The van der Waals surface area contributed by atoms with Crippen molar-refractivity contribution >= 4 is 10.9 Å². The van der Waals surface area contributed by atoms with Crippen LogP contribution >= 0.6 is 0 Å². The molecule has 0 aliphatic carbocycles. The number of fused-ring (bicyclic) bond motifs is 1. The van der Waals surface area contributed by atoms with Crippen molar-refractivity contribution in [2.45, 2.75) is 39.5 Å². The van der Waals surface area contributed by atoms with Crippen molar-refractivity contribution in [2.24, 2.45) is 0 Å². The molecule has 0 saturated carbocycles. The fourth-order valence-electron chi connectivity index (χ4n) is 2.59. The lowest BCUT2D eigenvalue weighted by molar-refractivity contribution is 0.481. The first-order chi connectivity index (χ1) is 9.32. The summed E-state index contributed by atoms with van der Waals surface area (Å²) in [4.78, 5) is 25.7. The molecule has 1 aromatic heterocycles. The van der Waals surface area contributed by atoms with Crippen LogP contribution in [0.3, 0.4) is 0 Å². The molecule has 0 saturated heterocycles. The van der Waals surface area contributed by atoms with Crippen molar-refractivity contribution in [3.05, 3.63) is 49.9 Å². The zero-order valence-corrected chi connectivity index (χ0v) is 12.2. The summed E-state index contributed by atoms with van der Waals surface area (Å²) in [6.07, 6.45) is 0. The van der Waals surface area contributed by atoms with Crippen molar-refractivity contribution in [3.8, 4) is 5.75 Å². The number of aromatic amines is 1. The molecule has 0 unspecified atom stereocenters. The molecule has 2 rings (SSSR count). The molecule has 0 aliphatic rings. The molecular formula is C16H19NO3. The standard InChI is InChI=1S/C16H19NO3/c1-8(2)10-5-6-11-15(14(10)9(3)4)12(18)7-13(19)16(20)17-11/h5-9,18H,1-4H3,(H,17,19,20). The van der Waals surface area contributed by atoms with Gasteiger partial charge in [-0.1, -0.05) is 33.8 Å². The predicted octanol–water partition coefficient (Wildman–Crippen LogP) is 2.84. The summed E-state index contributed by atoms with van der Waals surface area (Å²) in [5, 5.41) is 10.8. The molecule has 0 bridgehead atoms. The molecule has 0 aliphatic heterocycles. The summed E-state index contributed by atoms with van der Waals surface area (Å²) in [6.45, 7) is 8.22. The Morgan fingerprint density at radius 3 is 2.25 bits per heavy atom. The lowest BCUT2D eigenvalue weighted by atomic mass is 9.87. The summed E-state index contributed by atoms with van der Waals surface area (Å²) in [7, 11) is 0. The molecule has 1 heterocycles. The van der Waals surface area contributed by atoms with E-state index in [1.165, 1.54) is 0 Å². The number of aromatic hydroxyl groups is 1. The minimum atomic E-state index is -0.737. The number of benzene rings is 1. The highest BCUT2D eigenvalue weighted by atomic mass is 16.3. The maximum atomic E-state index is 11.6. The third-order valence-corrected chi connectivity index (χ3v) is 3.47. The second kappa shape index (κ2) is 5.12. The lowest BCUT2D eigenvalue weighted by Gasteiger charge is -2.18. The van der Waals surface area contributed by atoms with Crippen molar-refractivity contribution in [1.82, 2.24) is 4.98 Å². The molecule has 1 aromatic carbocycles. The Kier molecular flexibility index (Phi) is 3.66. The predicted molar refractivity (Wildman–Crippen MR) is 80.7 cm³/mol. The third kappa shape index (κ3) is 2.33. The van der Waals surface area contributed by atoms with E-state index in [0.29, 0.717) is 16.8 Å². The number of aromatic nitrogens is 1. The largest absolute Gasteiger partial charge is 0.507 e. The van der Waals surface area contributed by atoms with Gasteiger partial charge in [0.15, 0.2) is 0 Å². The number of rotatable bonds is 2. The van der Waals surface area contributed by atoms with Crippen molar-refractivity contribution in [2.75, 3.05) is 0 Å². The van der Waals surface area contributed by atoms with Gasteiger partial charge < -0.3 is 10.1 Å².